The fraction of sp³-hybridized carbons (Fsp3) is 0.333. The first-order chi connectivity index (χ1) is 8.97. The quantitative estimate of drug-likeness (QED) is 0.884. The minimum atomic E-state index is -0.376. The molecular formula is C15H18FNOS. The molecule has 0 spiro atoms. The van der Waals surface area contributed by atoms with Crippen LogP contribution in [0.1, 0.15) is 33.8 Å². The first kappa shape index (κ1) is 14.0. The summed E-state index contributed by atoms with van der Waals surface area (Å²) in [5, 5.41) is 12.5. The van der Waals surface area contributed by atoms with Crippen LogP contribution in [0.2, 0.25) is 0 Å². The highest BCUT2D eigenvalue weighted by molar-refractivity contribution is 7.12. The van der Waals surface area contributed by atoms with Gasteiger partial charge in [-0.1, -0.05) is 6.07 Å². The number of phenols is 1. The van der Waals surface area contributed by atoms with Crippen LogP contribution in [0.4, 0.5) is 4.39 Å². The van der Waals surface area contributed by atoms with Gasteiger partial charge in [-0.2, -0.15) is 0 Å². The van der Waals surface area contributed by atoms with Crippen LogP contribution < -0.4 is 5.32 Å². The molecule has 0 aliphatic carbocycles. The second-order valence-electron chi connectivity index (χ2n) is 4.76. The monoisotopic (exact) mass is 279 g/mol. The molecule has 19 heavy (non-hydrogen) atoms. The third kappa shape index (κ3) is 3.33. The second-order valence-corrected chi connectivity index (χ2v) is 6.10. The summed E-state index contributed by atoms with van der Waals surface area (Å²) in [5.41, 5.74) is 1.87. The maximum absolute atomic E-state index is 13.7. The van der Waals surface area contributed by atoms with E-state index in [0.717, 1.165) is 12.6 Å². The van der Waals surface area contributed by atoms with E-state index in [1.54, 1.807) is 17.4 Å². The van der Waals surface area contributed by atoms with Crippen molar-refractivity contribution in [2.24, 2.45) is 0 Å². The van der Waals surface area contributed by atoms with Gasteiger partial charge in [-0.3, -0.25) is 0 Å². The van der Waals surface area contributed by atoms with Gasteiger partial charge in [0.15, 0.2) is 0 Å². The number of rotatable bonds is 4. The van der Waals surface area contributed by atoms with Crippen molar-refractivity contribution in [2.75, 3.05) is 0 Å². The van der Waals surface area contributed by atoms with Crippen LogP contribution in [0.25, 0.3) is 0 Å². The summed E-state index contributed by atoms with van der Waals surface area (Å²) in [4.78, 5) is 2.57. The molecule has 1 heterocycles. The van der Waals surface area contributed by atoms with E-state index in [0.29, 0.717) is 5.56 Å². The van der Waals surface area contributed by atoms with Crippen molar-refractivity contribution < 1.29 is 9.50 Å². The molecule has 4 heteroatoms. The van der Waals surface area contributed by atoms with Gasteiger partial charge in [-0.15, -0.1) is 11.3 Å². The summed E-state index contributed by atoms with van der Waals surface area (Å²) in [6.45, 7) is 6.84. The van der Waals surface area contributed by atoms with Crippen molar-refractivity contribution in [2.45, 2.75) is 33.4 Å². The summed E-state index contributed by atoms with van der Waals surface area (Å²) in [5.74, 6) is -0.420. The zero-order valence-corrected chi connectivity index (χ0v) is 12.1. The summed E-state index contributed by atoms with van der Waals surface area (Å²) in [6.07, 6.45) is 0. The Kier molecular flexibility index (Phi) is 4.22. The normalized spacial score (nSPS) is 12.6. The molecule has 1 aromatic carbocycles. The third-order valence-corrected chi connectivity index (χ3v) is 4.40. The summed E-state index contributed by atoms with van der Waals surface area (Å²) in [7, 11) is 0. The van der Waals surface area contributed by atoms with Crippen LogP contribution in [0, 0.1) is 19.7 Å². The average molecular weight is 279 g/mol. The smallest absolute Gasteiger partial charge is 0.131 e. The van der Waals surface area contributed by atoms with E-state index in [1.807, 2.05) is 6.92 Å². The van der Waals surface area contributed by atoms with Crippen molar-refractivity contribution in [1.82, 2.24) is 5.32 Å². The lowest BCUT2D eigenvalue weighted by molar-refractivity contribution is 0.463. The number of halogens is 1. The minimum absolute atomic E-state index is 0.0436. The van der Waals surface area contributed by atoms with Gasteiger partial charge in [-0.25, -0.2) is 4.39 Å². The number of nitrogens with one attached hydrogen (secondary N) is 1. The highest BCUT2D eigenvalue weighted by Gasteiger charge is 2.11. The molecule has 0 saturated carbocycles. The van der Waals surface area contributed by atoms with E-state index < -0.39 is 0 Å². The molecular weight excluding hydrogens is 261 g/mol. The van der Waals surface area contributed by atoms with Crippen LogP contribution in [-0.4, -0.2) is 5.11 Å². The van der Waals surface area contributed by atoms with Crippen molar-refractivity contribution in [1.29, 1.82) is 0 Å². The van der Waals surface area contributed by atoms with Gasteiger partial charge < -0.3 is 10.4 Å². The zero-order valence-electron chi connectivity index (χ0n) is 11.3. The number of thiophene rings is 1. The Bertz CT molecular complexity index is 560. The van der Waals surface area contributed by atoms with Gasteiger partial charge in [0.05, 0.1) is 0 Å². The lowest BCUT2D eigenvalue weighted by atomic mass is 10.1. The fourth-order valence-corrected chi connectivity index (χ4v) is 2.97. The molecule has 0 saturated heterocycles. The average Bonchev–Trinajstić information content (AvgIpc) is 2.66. The van der Waals surface area contributed by atoms with Crippen molar-refractivity contribution in [3.05, 3.63) is 51.0 Å². The number of aromatic hydroxyl groups is 1. The maximum atomic E-state index is 13.7. The van der Waals surface area contributed by atoms with Crippen molar-refractivity contribution in [3.63, 3.8) is 0 Å². The summed E-state index contributed by atoms with van der Waals surface area (Å²) < 4.78 is 13.7. The third-order valence-electron chi connectivity index (χ3n) is 3.25. The van der Waals surface area contributed by atoms with E-state index in [-0.39, 0.29) is 17.6 Å². The number of aryl methyl sites for hydroxylation is 2. The van der Waals surface area contributed by atoms with Gasteiger partial charge in [-0.05, 0) is 38.5 Å². The molecule has 0 aliphatic rings. The molecule has 2 N–H and O–H groups in total. The molecule has 102 valence electrons. The zero-order chi connectivity index (χ0) is 14.0. The predicted molar refractivity (Wildman–Crippen MR) is 77.1 cm³/mol. The minimum Gasteiger partial charge on any atom is -0.508 e. The molecule has 1 unspecified atom stereocenters. The van der Waals surface area contributed by atoms with E-state index in [4.69, 9.17) is 0 Å². The Hall–Kier alpha value is -1.39. The maximum Gasteiger partial charge on any atom is 0.131 e. The molecule has 1 aromatic heterocycles. The molecule has 0 radical (unpaired) electrons. The number of phenolic OH excluding ortho intramolecular Hbond substituents is 1. The second kappa shape index (κ2) is 5.72. The highest BCUT2D eigenvalue weighted by atomic mass is 32.1. The lowest BCUT2D eigenvalue weighted by Gasteiger charge is -2.14. The molecule has 2 rings (SSSR count). The largest absolute Gasteiger partial charge is 0.508 e. The predicted octanol–water partition coefficient (Wildman–Crippen LogP) is 4.06. The molecule has 1 atom stereocenters. The number of hydrogen-bond donors (Lipinski definition) is 2. The lowest BCUT2D eigenvalue weighted by Crippen LogP contribution is -2.18. The van der Waals surface area contributed by atoms with Crippen molar-refractivity contribution in [3.8, 4) is 5.75 Å². The van der Waals surface area contributed by atoms with Crippen LogP contribution in [-0.2, 0) is 6.54 Å². The molecule has 2 aromatic rings. The number of hydrogen-bond acceptors (Lipinski definition) is 3. The van der Waals surface area contributed by atoms with Gasteiger partial charge in [0.1, 0.15) is 11.6 Å². The molecule has 0 aliphatic heterocycles. The molecule has 0 amide bonds. The van der Waals surface area contributed by atoms with Gasteiger partial charge in [0.25, 0.3) is 0 Å². The van der Waals surface area contributed by atoms with E-state index >= 15 is 0 Å². The van der Waals surface area contributed by atoms with Gasteiger partial charge in [0, 0.05) is 34.0 Å². The van der Waals surface area contributed by atoms with Crippen LogP contribution in [0.15, 0.2) is 24.3 Å². The topological polar surface area (TPSA) is 32.3 Å². The first-order valence-electron chi connectivity index (χ1n) is 6.25. The molecule has 0 fully saturated rings. The Balaban J connectivity index is 2.03. The SMILES string of the molecule is Cc1cc(CNC(C)c2ccc(O)cc2F)sc1C. The van der Waals surface area contributed by atoms with Crippen LogP contribution in [0.5, 0.6) is 5.75 Å². The Morgan fingerprint density at radius 3 is 2.63 bits per heavy atom. The van der Waals surface area contributed by atoms with Gasteiger partial charge in [0.2, 0.25) is 0 Å². The highest BCUT2D eigenvalue weighted by Crippen LogP contribution is 2.23. The molecule has 2 nitrogen and oxygen atoms in total. The summed E-state index contributed by atoms with van der Waals surface area (Å²) in [6, 6.07) is 6.34. The van der Waals surface area contributed by atoms with Crippen LogP contribution >= 0.6 is 11.3 Å². The molecule has 0 bridgehead atoms. The van der Waals surface area contributed by atoms with E-state index in [2.05, 4.69) is 25.2 Å². The Labute approximate surface area is 116 Å². The van der Waals surface area contributed by atoms with Gasteiger partial charge >= 0.3 is 0 Å². The first-order valence-corrected chi connectivity index (χ1v) is 7.06. The summed E-state index contributed by atoms with van der Waals surface area (Å²) >= 11 is 1.76. The Morgan fingerprint density at radius 1 is 1.32 bits per heavy atom. The van der Waals surface area contributed by atoms with Crippen molar-refractivity contribution >= 4 is 11.3 Å². The Morgan fingerprint density at radius 2 is 2.05 bits per heavy atom. The van der Waals surface area contributed by atoms with Crippen LogP contribution in [0.3, 0.4) is 0 Å². The van der Waals surface area contributed by atoms with E-state index in [1.165, 1.54) is 21.4 Å². The fourth-order valence-electron chi connectivity index (χ4n) is 1.97. The number of benzene rings is 1. The van der Waals surface area contributed by atoms with E-state index in [9.17, 15) is 9.50 Å². The standard InChI is InChI=1S/C15H18FNOS/c1-9-6-13(19-11(9)3)8-17-10(2)14-5-4-12(18)7-15(14)16/h4-7,10,17-18H,8H2,1-3H3.